The second-order valence-electron chi connectivity index (χ2n) is 6.48. The van der Waals surface area contributed by atoms with Crippen LogP contribution in [0, 0.1) is 23.2 Å². The molecule has 2 amide bonds. The number of carbonyl (C=O) groups is 3. The molecule has 2 bridgehead atoms. The van der Waals surface area contributed by atoms with Gasteiger partial charge in [0.1, 0.15) is 0 Å². The molecule has 5 heteroatoms. The van der Waals surface area contributed by atoms with E-state index >= 15 is 0 Å². The number of fused-ring (bicyclic) bond motifs is 5. The fraction of sp³-hybridized carbons (Fsp3) is 0.353. The zero-order valence-corrected chi connectivity index (χ0v) is 12.0. The molecule has 0 spiro atoms. The number of imide groups is 1. The third kappa shape index (κ3) is 1.41. The summed E-state index contributed by atoms with van der Waals surface area (Å²) < 4.78 is 0. The number of hydrogen-bond acceptors (Lipinski definition) is 3. The average molecular weight is 297 g/mol. The fourth-order valence-corrected chi connectivity index (χ4v) is 4.30. The quantitative estimate of drug-likeness (QED) is 0.670. The summed E-state index contributed by atoms with van der Waals surface area (Å²) in [5.74, 6) is -1.36. The Morgan fingerprint density at radius 3 is 2.50 bits per heavy atom. The molecular formula is C17H15NO4. The van der Waals surface area contributed by atoms with Crippen molar-refractivity contribution in [1.82, 2.24) is 0 Å². The monoisotopic (exact) mass is 297 g/mol. The Kier molecular flexibility index (Phi) is 2.45. The SMILES string of the molecule is C[C@@]12C(=O)N(c3ccc(C(=O)O)cc3)C(=O)[C@@H]1[C@H]1C=C[C@H]2C1. The van der Waals surface area contributed by atoms with E-state index in [1.165, 1.54) is 29.2 Å². The molecule has 4 atom stereocenters. The van der Waals surface area contributed by atoms with Crippen LogP contribution in [0.2, 0.25) is 0 Å². The maximum Gasteiger partial charge on any atom is 0.335 e. The Morgan fingerprint density at radius 2 is 1.91 bits per heavy atom. The number of carboxylic acids is 1. The fourth-order valence-electron chi connectivity index (χ4n) is 4.30. The minimum Gasteiger partial charge on any atom is -0.478 e. The number of hydrogen-bond donors (Lipinski definition) is 1. The van der Waals surface area contributed by atoms with E-state index in [4.69, 9.17) is 5.11 Å². The normalized spacial score (nSPS) is 35.3. The Bertz CT molecular complexity index is 736. The summed E-state index contributed by atoms with van der Waals surface area (Å²) in [6.07, 6.45) is 4.99. The maximum absolute atomic E-state index is 12.9. The summed E-state index contributed by atoms with van der Waals surface area (Å²) in [5.41, 5.74) is -0.0619. The van der Waals surface area contributed by atoms with Crippen LogP contribution < -0.4 is 4.90 Å². The highest BCUT2D eigenvalue weighted by Crippen LogP contribution is 2.60. The Labute approximate surface area is 127 Å². The Hall–Kier alpha value is -2.43. The van der Waals surface area contributed by atoms with Gasteiger partial charge in [-0.15, -0.1) is 0 Å². The number of anilines is 1. The number of amides is 2. The average Bonchev–Trinajstić information content (AvgIpc) is 3.12. The lowest BCUT2D eigenvalue weighted by molar-refractivity contribution is -0.127. The summed E-state index contributed by atoms with van der Waals surface area (Å²) >= 11 is 0. The molecule has 1 aromatic rings. The van der Waals surface area contributed by atoms with Gasteiger partial charge in [-0.1, -0.05) is 12.2 Å². The van der Waals surface area contributed by atoms with E-state index in [9.17, 15) is 14.4 Å². The molecule has 1 N–H and O–H groups in total. The topological polar surface area (TPSA) is 74.7 Å². The molecule has 4 rings (SSSR count). The van der Waals surface area contributed by atoms with E-state index in [0.29, 0.717) is 5.69 Å². The lowest BCUT2D eigenvalue weighted by Crippen LogP contribution is -2.37. The van der Waals surface area contributed by atoms with Gasteiger partial charge < -0.3 is 5.11 Å². The highest BCUT2D eigenvalue weighted by atomic mass is 16.4. The maximum atomic E-state index is 12.9. The highest BCUT2D eigenvalue weighted by molar-refractivity contribution is 6.24. The number of rotatable bonds is 2. The molecular weight excluding hydrogens is 282 g/mol. The molecule has 1 saturated heterocycles. The summed E-state index contributed by atoms with van der Waals surface area (Å²) in [6.45, 7) is 1.89. The molecule has 1 aliphatic heterocycles. The second-order valence-corrected chi connectivity index (χ2v) is 6.48. The first kappa shape index (κ1) is 13.2. The van der Waals surface area contributed by atoms with Crippen molar-refractivity contribution in [2.75, 3.05) is 4.90 Å². The van der Waals surface area contributed by atoms with Crippen molar-refractivity contribution >= 4 is 23.5 Å². The van der Waals surface area contributed by atoms with E-state index in [2.05, 4.69) is 12.2 Å². The van der Waals surface area contributed by atoms with Crippen molar-refractivity contribution in [2.45, 2.75) is 13.3 Å². The molecule has 1 heterocycles. The van der Waals surface area contributed by atoms with Crippen molar-refractivity contribution in [3.05, 3.63) is 42.0 Å². The molecule has 2 aliphatic carbocycles. The third-order valence-corrected chi connectivity index (χ3v) is 5.48. The molecule has 0 aromatic heterocycles. The summed E-state index contributed by atoms with van der Waals surface area (Å²) in [4.78, 5) is 37.8. The molecule has 112 valence electrons. The van der Waals surface area contributed by atoms with Gasteiger partial charge in [0.2, 0.25) is 11.8 Å². The van der Waals surface area contributed by atoms with Gasteiger partial charge in [-0.2, -0.15) is 0 Å². The lowest BCUT2D eigenvalue weighted by atomic mass is 9.71. The first-order chi connectivity index (χ1) is 10.4. The lowest BCUT2D eigenvalue weighted by Gasteiger charge is -2.28. The van der Waals surface area contributed by atoms with Crippen LogP contribution >= 0.6 is 0 Å². The molecule has 3 aliphatic rings. The zero-order chi connectivity index (χ0) is 15.6. The zero-order valence-electron chi connectivity index (χ0n) is 12.0. The Morgan fingerprint density at radius 1 is 1.23 bits per heavy atom. The van der Waals surface area contributed by atoms with E-state index in [1.807, 2.05) is 6.92 Å². The summed E-state index contributed by atoms with van der Waals surface area (Å²) in [6, 6.07) is 5.89. The van der Waals surface area contributed by atoms with Crippen LogP contribution in [-0.4, -0.2) is 22.9 Å². The minimum absolute atomic E-state index is 0.127. The number of carbonyl (C=O) groups excluding carboxylic acids is 2. The van der Waals surface area contributed by atoms with Crippen LogP contribution in [0.1, 0.15) is 23.7 Å². The molecule has 1 aromatic carbocycles. The van der Waals surface area contributed by atoms with Crippen LogP contribution in [0.4, 0.5) is 5.69 Å². The van der Waals surface area contributed by atoms with Crippen molar-refractivity contribution in [3.8, 4) is 0 Å². The van der Waals surface area contributed by atoms with Gasteiger partial charge in [0, 0.05) is 0 Å². The number of benzene rings is 1. The van der Waals surface area contributed by atoms with Crippen LogP contribution in [0.15, 0.2) is 36.4 Å². The summed E-state index contributed by atoms with van der Waals surface area (Å²) in [5, 5.41) is 8.94. The third-order valence-electron chi connectivity index (χ3n) is 5.48. The van der Waals surface area contributed by atoms with E-state index < -0.39 is 11.4 Å². The van der Waals surface area contributed by atoms with Crippen LogP contribution in [0.3, 0.4) is 0 Å². The molecule has 5 nitrogen and oxygen atoms in total. The first-order valence-electron chi connectivity index (χ1n) is 7.34. The van der Waals surface area contributed by atoms with Gasteiger partial charge in [0.25, 0.3) is 0 Å². The number of carboxylic acid groups (broad SMARTS) is 1. The van der Waals surface area contributed by atoms with Crippen molar-refractivity contribution < 1.29 is 19.5 Å². The highest BCUT2D eigenvalue weighted by Gasteiger charge is 2.67. The molecule has 0 radical (unpaired) electrons. The number of nitrogens with zero attached hydrogens (tertiary/aromatic N) is 1. The van der Waals surface area contributed by atoms with Crippen molar-refractivity contribution in [3.63, 3.8) is 0 Å². The standard InChI is InChI=1S/C17H15NO4/c1-17-11-5-2-10(8-11)13(17)14(19)18(16(17)22)12-6-3-9(4-7-12)15(20)21/h2-7,10-11,13H,8H2,1H3,(H,20,21)/t10-,11-,13-,17-/m0/s1. The number of aromatic carboxylic acids is 1. The van der Waals surface area contributed by atoms with Crippen molar-refractivity contribution in [2.24, 2.45) is 23.2 Å². The van der Waals surface area contributed by atoms with E-state index in [0.717, 1.165) is 6.42 Å². The summed E-state index contributed by atoms with van der Waals surface area (Å²) in [7, 11) is 0. The van der Waals surface area contributed by atoms with Gasteiger partial charge in [0.05, 0.1) is 22.6 Å². The Balaban J connectivity index is 1.74. The van der Waals surface area contributed by atoms with E-state index in [1.54, 1.807) is 0 Å². The largest absolute Gasteiger partial charge is 0.478 e. The first-order valence-corrected chi connectivity index (χ1v) is 7.34. The predicted molar refractivity (Wildman–Crippen MR) is 78.2 cm³/mol. The number of allylic oxidation sites excluding steroid dienone is 2. The van der Waals surface area contributed by atoms with Gasteiger partial charge in [0.15, 0.2) is 0 Å². The molecule has 1 saturated carbocycles. The van der Waals surface area contributed by atoms with Crippen LogP contribution in [-0.2, 0) is 9.59 Å². The minimum atomic E-state index is -1.03. The van der Waals surface area contributed by atoms with Crippen LogP contribution in [0.25, 0.3) is 0 Å². The van der Waals surface area contributed by atoms with E-state index in [-0.39, 0.29) is 35.1 Å². The molecule has 2 fully saturated rings. The van der Waals surface area contributed by atoms with Crippen LogP contribution in [0.5, 0.6) is 0 Å². The molecule has 0 unspecified atom stereocenters. The van der Waals surface area contributed by atoms with Gasteiger partial charge in [-0.05, 0) is 49.4 Å². The predicted octanol–water partition coefficient (Wildman–Crippen LogP) is 2.09. The molecule has 22 heavy (non-hydrogen) atoms. The van der Waals surface area contributed by atoms with Gasteiger partial charge in [-0.3, -0.25) is 9.59 Å². The van der Waals surface area contributed by atoms with Gasteiger partial charge in [-0.25, -0.2) is 9.69 Å². The second kappa shape index (κ2) is 4.06. The smallest absolute Gasteiger partial charge is 0.335 e. The van der Waals surface area contributed by atoms with Crippen molar-refractivity contribution in [1.29, 1.82) is 0 Å². The van der Waals surface area contributed by atoms with Gasteiger partial charge >= 0.3 is 5.97 Å².